The number of thioether (sulfide) groups is 1. The van der Waals surface area contributed by atoms with Crippen LogP contribution in [0.1, 0.15) is 12.5 Å². The minimum absolute atomic E-state index is 0.174. The van der Waals surface area contributed by atoms with Crippen molar-refractivity contribution >= 4 is 23.4 Å². The number of fused-ring (bicyclic) bond motifs is 1. The molecule has 1 aromatic heterocycles. The summed E-state index contributed by atoms with van der Waals surface area (Å²) in [6, 6.07) is 13.2. The highest BCUT2D eigenvalue weighted by Crippen LogP contribution is 2.33. The summed E-state index contributed by atoms with van der Waals surface area (Å²) in [6.07, 6.45) is 0. The number of carbonyl (C=O) groups excluding carboxylic acids is 1. The molecule has 0 aliphatic carbocycles. The first kappa shape index (κ1) is 19.1. The molecule has 0 saturated heterocycles. The summed E-state index contributed by atoms with van der Waals surface area (Å²) < 4.78 is 12.5. The second-order valence-electron chi connectivity index (χ2n) is 6.65. The standard InChI is InChI=1S/C20H21N5O3S/c1-12-3-5-14(6-4-12)18-23-24-20(25(18)21)29-13(2)19(26)22-15-7-8-16-17(11-15)28-10-9-27-16/h3-8,11,13H,9-10,21H2,1-2H3,(H,22,26)/t13-/m0/s1. The largest absolute Gasteiger partial charge is 0.486 e. The van der Waals surface area contributed by atoms with E-state index in [-0.39, 0.29) is 5.91 Å². The maximum absolute atomic E-state index is 12.6. The molecule has 0 fully saturated rings. The zero-order valence-corrected chi connectivity index (χ0v) is 16.9. The van der Waals surface area contributed by atoms with Crippen molar-refractivity contribution in [2.45, 2.75) is 24.3 Å². The fourth-order valence-electron chi connectivity index (χ4n) is 2.83. The van der Waals surface area contributed by atoms with Crippen molar-refractivity contribution in [3.05, 3.63) is 48.0 Å². The van der Waals surface area contributed by atoms with E-state index >= 15 is 0 Å². The third-order valence-corrected chi connectivity index (χ3v) is 5.49. The van der Waals surface area contributed by atoms with Gasteiger partial charge in [0.15, 0.2) is 17.3 Å². The minimum atomic E-state index is -0.430. The summed E-state index contributed by atoms with van der Waals surface area (Å²) in [5.41, 5.74) is 2.66. The number of rotatable bonds is 5. The SMILES string of the molecule is Cc1ccc(-c2nnc(S[C@@H](C)C(=O)Nc3ccc4c(c3)OCCO4)n2N)cc1. The Kier molecular flexibility index (Phi) is 5.30. The molecule has 150 valence electrons. The molecular weight excluding hydrogens is 390 g/mol. The van der Waals surface area contributed by atoms with Gasteiger partial charge in [-0.05, 0) is 26.0 Å². The number of ether oxygens (including phenoxy) is 2. The number of benzene rings is 2. The number of hydrogen-bond donors (Lipinski definition) is 2. The van der Waals surface area contributed by atoms with E-state index in [1.54, 1.807) is 25.1 Å². The molecule has 1 atom stereocenters. The minimum Gasteiger partial charge on any atom is -0.486 e. The van der Waals surface area contributed by atoms with Gasteiger partial charge in [0.05, 0.1) is 5.25 Å². The molecule has 8 nitrogen and oxygen atoms in total. The van der Waals surface area contributed by atoms with E-state index in [1.807, 2.05) is 31.2 Å². The zero-order valence-electron chi connectivity index (χ0n) is 16.1. The van der Waals surface area contributed by atoms with Gasteiger partial charge in [0, 0.05) is 17.3 Å². The molecule has 0 bridgehead atoms. The molecular formula is C20H21N5O3S. The Balaban J connectivity index is 1.43. The second kappa shape index (κ2) is 8.04. The molecule has 2 heterocycles. The number of anilines is 1. The highest BCUT2D eigenvalue weighted by atomic mass is 32.2. The lowest BCUT2D eigenvalue weighted by Crippen LogP contribution is -2.24. The molecule has 3 aromatic rings. The predicted octanol–water partition coefficient (Wildman–Crippen LogP) is 2.86. The van der Waals surface area contributed by atoms with Crippen molar-refractivity contribution in [3.63, 3.8) is 0 Å². The fraction of sp³-hybridized carbons (Fsp3) is 0.250. The van der Waals surface area contributed by atoms with E-state index in [1.165, 1.54) is 16.4 Å². The lowest BCUT2D eigenvalue weighted by atomic mass is 10.1. The van der Waals surface area contributed by atoms with Gasteiger partial charge in [0.25, 0.3) is 0 Å². The van der Waals surface area contributed by atoms with Crippen LogP contribution in [0, 0.1) is 6.92 Å². The van der Waals surface area contributed by atoms with E-state index < -0.39 is 5.25 Å². The topological polar surface area (TPSA) is 104 Å². The van der Waals surface area contributed by atoms with Crippen LogP contribution in [0.15, 0.2) is 47.6 Å². The summed E-state index contributed by atoms with van der Waals surface area (Å²) >= 11 is 1.24. The number of carbonyl (C=O) groups is 1. The molecule has 0 saturated carbocycles. The van der Waals surface area contributed by atoms with Gasteiger partial charge in [0.2, 0.25) is 11.1 Å². The van der Waals surface area contributed by atoms with Crippen LogP contribution in [0.3, 0.4) is 0 Å². The first-order valence-corrected chi connectivity index (χ1v) is 10.0. The number of nitrogens with zero attached hydrogens (tertiary/aromatic N) is 3. The molecule has 0 radical (unpaired) electrons. The normalized spacial score (nSPS) is 13.7. The van der Waals surface area contributed by atoms with E-state index in [0.717, 1.165) is 11.1 Å². The average Bonchev–Trinajstić information content (AvgIpc) is 3.08. The van der Waals surface area contributed by atoms with Gasteiger partial charge in [-0.3, -0.25) is 4.79 Å². The molecule has 3 N–H and O–H groups in total. The highest BCUT2D eigenvalue weighted by Gasteiger charge is 2.21. The Morgan fingerprint density at radius 2 is 1.86 bits per heavy atom. The van der Waals surface area contributed by atoms with Gasteiger partial charge in [0.1, 0.15) is 13.2 Å². The Bertz CT molecular complexity index is 1040. The Morgan fingerprint density at radius 1 is 1.14 bits per heavy atom. The van der Waals surface area contributed by atoms with Crippen molar-refractivity contribution < 1.29 is 14.3 Å². The molecule has 0 spiro atoms. The van der Waals surface area contributed by atoms with Crippen LogP contribution in [0.25, 0.3) is 11.4 Å². The smallest absolute Gasteiger partial charge is 0.237 e. The number of nitrogens with two attached hydrogens (primary N) is 1. The van der Waals surface area contributed by atoms with Crippen LogP contribution in [0.5, 0.6) is 11.5 Å². The predicted molar refractivity (Wildman–Crippen MR) is 112 cm³/mol. The van der Waals surface area contributed by atoms with Gasteiger partial charge in [-0.1, -0.05) is 41.6 Å². The molecule has 1 aliphatic heterocycles. The monoisotopic (exact) mass is 411 g/mol. The van der Waals surface area contributed by atoms with Crippen LogP contribution >= 0.6 is 11.8 Å². The van der Waals surface area contributed by atoms with Crippen LogP contribution in [0.2, 0.25) is 0 Å². The average molecular weight is 411 g/mol. The maximum atomic E-state index is 12.6. The Labute approximate surface area is 172 Å². The van der Waals surface area contributed by atoms with Crippen LogP contribution in [0.4, 0.5) is 5.69 Å². The van der Waals surface area contributed by atoms with Gasteiger partial charge >= 0.3 is 0 Å². The number of hydrogen-bond acceptors (Lipinski definition) is 7. The molecule has 1 aliphatic rings. The third kappa shape index (κ3) is 4.14. The number of nitrogen functional groups attached to an aromatic ring is 1. The van der Waals surface area contributed by atoms with E-state index in [2.05, 4.69) is 15.5 Å². The summed E-state index contributed by atoms with van der Waals surface area (Å²) in [5.74, 6) is 7.83. The Morgan fingerprint density at radius 3 is 2.62 bits per heavy atom. The van der Waals surface area contributed by atoms with Crippen molar-refractivity contribution in [3.8, 4) is 22.9 Å². The summed E-state index contributed by atoms with van der Waals surface area (Å²) in [5, 5.41) is 11.2. The zero-order chi connectivity index (χ0) is 20.4. The Hall–Kier alpha value is -3.20. The molecule has 4 rings (SSSR count). The van der Waals surface area contributed by atoms with E-state index in [0.29, 0.717) is 41.4 Å². The number of aryl methyl sites for hydroxylation is 1. The summed E-state index contributed by atoms with van der Waals surface area (Å²) in [7, 11) is 0. The second-order valence-corrected chi connectivity index (χ2v) is 7.96. The third-order valence-electron chi connectivity index (χ3n) is 4.44. The molecule has 9 heteroatoms. The van der Waals surface area contributed by atoms with Crippen molar-refractivity contribution in [1.29, 1.82) is 0 Å². The first-order chi connectivity index (χ1) is 14.0. The molecule has 29 heavy (non-hydrogen) atoms. The van der Waals surface area contributed by atoms with Crippen molar-refractivity contribution in [2.75, 3.05) is 24.4 Å². The molecule has 1 amide bonds. The van der Waals surface area contributed by atoms with Gasteiger partial charge in [-0.15, -0.1) is 10.2 Å². The van der Waals surface area contributed by atoms with Crippen molar-refractivity contribution in [2.24, 2.45) is 0 Å². The van der Waals surface area contributed by atoms with Crippen LogP contribution < -0.4 is 20.6 Å². The van der Waals surface area contributed by atoms with Crippen LogP contribution in [-0.2, 0) is 4.79 Å². The molecule has 0 unspecified atom stereocenters. The van der Waals surface area contributed by atoms with Gasteiger partial charge in [-0.2, -0.15) is 0 Å². The van der Waals surface area contributed by atoms with Gasteiger partial charge < -0.3 is 20.6 Å². The fourth-order valence-corrected chi connectivity index (χ4v) is 3.60. The quantitative estimate of drug-likeness (QED) is 0.491. The molecule has 2 aromatic carbocycles. The van der Waals surface area contributed by atoms with E-state index in [4.69, 9.17) is 15.3 Å². The number of nitrogens with one attached hydrogen (secondary N) is 1. The number of amides is 1. The summed E-state index contributed by atoms with van der Waals surface area (Å²) in [4.78, 5) is 12.6. The lowest BCUT2D eigenvalue weighted by molar-refractivity contribution is -0.115. The maximum Gasteiger partial charge on any atom is 0.237 e. The number of aromatic nitrogens is 3. The highest BCUT2D eigenvalue weighted by molar-refractivity contribution is 8.00. The van der Waals surface area contributed by atoms with Crippen LogP contribution in [-0.4, -0.2) is 39.2 Å². The van der Waals surface area contributed by atoms with Crippen molar-refractivity contribution in [1.82, 2.24) is 14.9 Å². The summed E-state index contributed by atoms with van der Waals surface area (Å²) in [6.45, 7) is 4.82. The van der Waals surface area contributed by atoms with E-state index in [9.17, 15) is 4.79 Å². The first-order valence-electron chi connectivity index (χ1n) is 9.16. The lowest BCUT2D eigenvalue weighted by Gasteiger charge is -2.19. The van der Waals surface area contributed by atoms with Gasteiger partial charge in [-0.25, -0.2) is 4.68 Å².